The van der Waals surface area contributed by atoms with Crippen LogP contribution in [0.1, 0.15) is 59.4 Å². The van der Waals surface area contributed by atoms with Crippen LogP contribution in [0.2, 0.25) is 0 Å². The van der Waals surface area contributed by atoms with Gasteiger partial charge in [0.05, 0.1) is 6.04 Å². The number of rotatable bonds is 9. The fourth-order valence-electron chi connectivity index (χ4n) is 4.42. The Morgan fingerprint density at radius 3 is 2.10 bits per heavy atom. The van der Waals surface area contributed by atoms with Gasteiger partial charge in [-0.3, -0.25) is 29.0 Å². The molecule has 3 rings (SSSR count). The number of carbonyl (C=O) groups is 5. The molecule has 5 N–H and O–H groups in total. The third-order valence-corrected chi connectivity index (χ3v) is 6.32. The van der Waals surface area contributed by atoms with Gasteiger partial charge in [-0.1, -0.05) is 44.2 Å². The third-order valence-electron chi connectivity index (χ3n) is 6.32. The van der Waals surface area contributed by atoms with Crippen molar-refractivity contribution in [2.45, 2.75) is 45.2 Å². The molecule has 1 heterocycles. The summed E-state index contributed by atoms with van der Waals surface area (Å²) in [6.45, 7) is 3.66. The standard InChI is InChI=1S/C28H33N5O6/c1-17(2)15-21(29)27(38)32-14-6-9-22(32)28(39)33(25(36)19-7-4-3-5-8-19)26(37)20-12-10-18(11-13-20)24(30)31-16-23(34)35/h3-5,7-8,10-13,17,21-22H,6,9,14-16,29H2,1-2H3,(H2,30,31)(H,34,35)/t21?,22-/m0/s1. The average molecular weight is 536 g/mol. The minimum absolute atomic E-state index is 0.0230. The van der Waals surface area contributed by atoms with Crippen LogP contribution >= 0.6 is 0 Å². The van der Waals surface area contributed by atoms with Crippen molar-refractivity contribution < 1.29 is 29.1 Å². The molecular formula is C28H33N5O6. The van der Waals surface area contributed by atoms with E-state index in [-0.39, 0.29) is 28.8 Å². The van der Waals surface area contributed by atoms with Crippen molar-refractivity contribution in [3.05, 3.63) is 71.3 Å². The zero-order valence-electron chi connectivity index (χ0n) is 21.9. The van der Waals surface area contributed by atoms with Crippen LogP contribution in [0.3, 0.4) is 0 Å². The van der Waals surface area contributed by atoms with Crippen molar-refractivity contribution in [2.24, 2.45) is 22.4 Å². The molecule has 2 aromatic carbocycles. The van der Waals surface area contributed by atoms with Gasteiger partial charge in [0, 0.05) is 23.2 Å². The zero-order valence-corrected chi connectivity index (χ0v) is 21.9. The summed E-state index contributed by atoms with van der Waals surface area (Å²) in [6.07, 6.45) is 1.26. The summed E-state index contributed by atoms with van der Waals surface area (Å²) in [5.74, 6) is -3.90. The Morgan fingerprint density at radius 1 is 0.974 bits per heavy atom. The maximum absolute atomic E-state index is 13.8. The Hall–Kier alpha value is -4.38. The SMILES string of the molecule is CC(C)CC(N)C(=O)N1CCC[C@H]1C(=O)N(C(=O)c1ccccc1)C(=O)c1ccc(C(N)=NCC(=O)O)cc1. The Balaban J connectivity index is 1.93. The molecule has 4 amide bonds. The normalized spacial score (nSPS) is 16.2. The Bertz CT molecular complexity index is 1260. The number of carboxylic acids is 1. The second kappa shape index (κ2) is 12.9. The molecular weight excluding hydrogens is 502 g/mol. The van der Waals surface area contributed by atoms with E-state index >= 15 is 0 Å². The van der Waals surface area contributed by atoms with Gasteiger partial charge in [-0.25, -0.2) is 4.90 Å². The van der Waals surface area contributed by atoms with Gasteiger partial charge in [0.2, 0.25) is 5.91 Å². The van der Waals surface area contributed by atoms with Gasteiger partial charge in [0.15, 0.2) is 0 Å². The van der Waals surface area contributed by atoms with E-state index in [0.29, 0.717) is 36.3 Å². The number of hydrogen-bond acceptors (Lipinski definition) is 7. The molecule has 1 aliphatic heterocycles. The van der Waals surface area contributed by atoms with Crippen LogP contribution in [0.5, 0.6) is 0 Å². The summed E-state index contributed by atoms with van der Waals surface area (Å²) in [7, 11) is 0. The molecule has 0 aromatic heterocycles. The zero-order chi connectivity index (χ0) is 28.7. The van der Waals surface area contributed by atoms with E-state index in [1.165, 1.54) is 41.3 Å². The summed E-state index contributed by atoms with van der Waals surface area (Å²) in [6, 6.07) is 11.7. The minimum atomic E-state index is -1.15. The average Bonchev–Trinajstić information content (AvgIpc) is 3.41. The number of imide groups is 3. The van der Waals surface area contributed by atoms with Crippen LogP contribution in [0.15, 0.2) is 59.6 Å². The van der Waals surface area contributed by atoms with Crippen molar-refractivity contribution in [3.63, 3.8) is 0 Å². The molecule has 0 aliphatic carbocycles. The highest BCUT2D eigenvalue weighted by atomic mass is 16.4. The van der Waals surface area contributed by atoms with E-state index in [4.69, 9.17) is 16.6 Å². The van der Waals surface area contributed by atoms with Crippen LogP contribution in [-0.4, -0.2) is 75.5 Å². The molecule has 206 valence electrons. The Labute approximate surface area is 226 Å². The summed E-state index contributed by atoms with van der Waals surface area (Å²) in [4.78, 5) is 70.5. The van der Waals surface area contributed by atoms with Crippen LogP contribution in [0, 0.1) is 5.92 Å². The lowest BCUT2D eigenvalue weighted by molar-refractivity contribution is -0.142. The van der Waals surface area contributed by atoms with Gasteiger partial charge in [-0.15, -0.1) is 0 Å². The first-order valence-electron chi connectivity index (χ1n) is 12.7. The van der Waals surface area contributed by atoms with E-state index in [0.717, 1.165) is 0 Å². The van der Waals surface area contributed by atoms with Gasteiger partial charge in [-0.05, 0) is 49.4 Å². The summed E-state index contributed by atoms with van der Waals surface area (Å²) in [5.41, 5.74) is 12.5. The molecule has 11 nitrogen and oxygen atoms in total. The van der Waals surface area contributed by atoms with E-state index in [2.05, 4.69) is 4.99 Å². The number of nitrogens with zero attached hydrogens (tertiary/aromatic N) is 3. The number of amides is 4. The Morgan fingerprint density at radius 2 is 1.54 bits per heavy atom. The van der Waals surface area contributed by atoms with Crippen LogP contribution in [0.4, 0.5) is 0 Å². The van der Waals surface area contributed by atoms with Gasteiger partial charge in [-0.2, -0.15) is 0 Å². The lowest BCUT2D eigenvalue weighted by Gasteiger charge is -2.30. The highest BCUT2D eigenvalue weighted by molar-refractivity contribution is 6.21. The number of aliphatic imine (C=N–C) groups is 1. The van der Waals surface area contributed by atoms with Crippen molar-refractivity contribution >= 4 is 35.4 Å². The van der Waals surface area contributed by atoms with Gasteiger partial charge >= 0.3 is 5.97 Å². The van der Waals surface area contributed by atoms with Crippen molar-refractivity contribution in [1.29, 1.82) is 0 Å². The number of amidine groups is 1. The molecule has 1 aliphatic rings. The molecule has 0 bridgehead atoms. The second-order valence-corrected chi connectivity index (χ2v) is 9.75. The minimum Gasteiger partial charge on any atom is -0.480 e. The fourth-order valence-corrected chi connectivity index (χ4v) is 4.42. The molecule has 11 heteroatoms. The van der Waals surface area contributed by atoms with E-state index in [1.54, 1.807) is 18.2 Å². The predicted octanol–water partition coefficient (Wildman–Crippen LogP) is 1.65. The van der Waals surface area contributed by atoms with Gasteiger partial charge in [0.25, 0.3) is 17.7 Å². The van der Waals surface area contributed by atoms with Crippen LogP contribution < -0.4 is 11.5 Å². The predicted molar refractivity (Wildman–Crippen MR) is 144 cm³/mol. The molecule has 2 atom stereocenters. The number of aliphatic carboxylic acids is 1. The van der Waals surface area contributed by atoms with Crippen LogP contribution in [0.25, 0.3) is 0 Å². The number of carboxylic acid groups (broad SMARTS) is 1. The van der Waals surface area contributed by atoms with Crippen molar-refractivity contribution in [3.8, 4) is 0 Å². The molecule has 39 heavy (non-hydrogen) atoms. The molecule has 2 aromatic rings. The van der Waals surface area contributed by atoms with Crippen molar-refractivity contribution in [1.82, 2.24) is 9.80 Å². The third kappa shape index (κ3) is 7.14. The topological polar surface area (TPSA) is 176 Å². The Kier molecular flexibility index (Phi) is 9.67. The smallest absolute Gasteiger partial charge is 0.325 e. The molecule has 0 saturated carbocycles. The van der Waals surface area contributed by atoms with Gasteiger partial charge < -0.3 is 21.5 Å². The number of likely N-dealkylation sites (tertiary alicyclic amines) is 1. The summed E-state index contributed by atoms with van der Waals surface area (Å²) in [5, 5.41) is 8.79. The first kappa shape index (κ1) is 29.2. The fraction of sp³-hybridized carbons (Fsp3) is 0.357. The number of benzene rings is 2. The van der Waals surface area contributed by atoms with E-state index < -0.39 is 42.3 Å². The van der Waals surface area contributed by atoms with E-state index in [9.17, 15) is 24.0 Å². The molecule has 1 unspecified atom stereocenters. The van der Waals surface area contributed by atoms with E-state index in [1.807, 2.05) is 13.8 Å². The monoisotopic (exact) mass is 535 g/mol. The highest BCUT2D eigenvalue weighted by Crippen LogP contribution is 2.24. The van der Waals surface area contributed by atoms with Gasteiger partial charge in [0.1, 0.15) is 18.4 Å². The summed E-state index contributed by atoms with van der Waals surface area (Å²) < 4.78 is 0. The first-order valence-corrected chi connectivity index (χ1v) is 12.7. The lowest BCUT2D eigenvalue weighted by atomic mass is 10.0. The van der Waals surface area contributed by atoms with Crippen LogP contribution in [-0.2, 0) is 14.4 Å². The largest absolute Gasteiger partial charge is 0.480 e. The molecule has 0 radical (unpaired) electrons. The highest BCUT2D eigenvalue weighted by Gasteiger charge is 2.42. The maximum atomic E-state index is 13.8. The quantitative estimate of drug-likeness (QED) is 0.247. The maximum Gasteiger partial charge on any atom is 0.325 e. The lowest BCUT2D eigenvalue weighted by Crippen LogP contribution is -2.54. The molecule has 1 fully saturated rings. The second-order valence-electron chi connectivity index (χ2n) is 9.75. The first-order chi connectivity index (χ1) is 18.5. The molecule has 0 spiro atoms. The summed E-state index contributed by atoms with van der Waals surface area (Å²) >= 11 is 0. The van der Waals surface area contributed by atoms with Crippen molar-refractivity contribution in [2.75, 3.05) is 13.1 Å². The number of nitrogens with two attached hydrogens (primary N) is 2. The molecule has 1 saturated heterocycles. The number of carbonyl (C=O) groups excluding carboxylic acids is 4. The number of hydrogen-bond donors (Lipinski definition) is 3.